The van der Waals surface area contributed by atoms with Gasteiger partial charge >= 0.3 is 11.9 Å². The molecule has 1 atom stereocenters. The van der Waals surface area contributed by atoms with E-state index >= 15 is 0 Å². The van der Waals surface area contributed by atoms with E-state index in [1.165, 1.54) is 4.90 Å². The van der Waals surface area contributed by atoms with Crippen molar-refractivity contribution in [3.05, 3.63) is 102 Å². The zero-order valence-electron chi connectivity index (χ0n) is 16.0. The molecule has 146 valence electrons. The summed E-state index contributed by atoms with van der Waals surface area (Å²) < 4.78 is 4.94. The molecule has 0 N–H and O–H groups in total. The van der Waals surface area contributed by atoms with Crippen LogP contribution in [0.4, 0.5) is 5.69 Å². The van der Waals surface area contributed by atoms with Crippen LogP contribution in [0.25, 0.3) is 0 Å². The van der Waals surface area contributed by atoms with Crippen LogP contribution in [-0.4, -0.2) is 24.3 Å². The monoisotopic (exact) mass is 387 g/mol. The van der Waals surface area contributed by atoms with Crippen LogP contribution in [0.3, 0.4) is 0 Å². The van der Waals surface area contributed by atoms with Crippen LogP contribution in [-0.2, 0) is 14.3 Å². The van der Waals surface area contributed by atoms with E-state index in [2.05, 4.69) is 0 Å². The van der Waals surface area contributed by atoms with Gasteiger partial charge in [0.05, 0.1) is 6.61 Å². The molecule has 0 aromatic heterocycles. The van der Waals surface area contributed by atoms with E-state index in [-0.39, 0.29) is 12.4 Å². The predicted octanol–water partition coefficient (Wildman–Crippen LogP) is 4.21. The molecule has 1 amide bonds. The van der Waals surface area contributed by atoms with Crippen LogP contribution in [0.1, 0.15) is 28.9 Å². The van der Waals surface area contributed by atoms with Crippen LogP contribution in [0.5, 0.6) is 0 Å². The minimum Gasteiger partial charge on any atom is -0.459 e. The molecule has 5 nitrogen and oxygen atoms in total. The highest BCUT2D eigenvalue weighted by molar-refractivity contribution is 6.39. The summed E-state index contributed by atoms with van der Waals surface area (Å²) in [5, 5.41) is 0. The number of amides is 1. The minimum absolute atomic E-state index is 0.0653. The second-order valence-corrected chi connectivity index (χ2v) is 6.27. The molecule has 29 heavy (non-hydrogen) atoms. The lowest BCUT2D eigenvalue weighted by molar-refractivity contribution is -0.153. The van der Waals surface area contributed by atoms with Gasteiger partial charge in [0.15, 0.2) is 5.78 Å². The highest BCUT2D eigenvalue weighted by Crippen LogP contribution is 2.31. The second-order valence-electron chi connectivity index (χ2n) is 6.27. The van der Waals surface area contributed by atoms with Crippen LogP contribution in [0.15, 0.2) is 91.0 Å². The van der Waals surface area contributed by atoms with E-state index in [9.17, 15) is 14.4 Å². The fourth-order valence-electron chi connectivity index (χ4n) is 3.08. The lowest BCUT2D eigenvalue weighted by Crippen LogP contribution is -2.43. The molecule has 0 aliphatic rings. The number of hydrogen-bond donors (Lipinski definition) is 0. The van der Waals surface area contributed by atoms with Crippen molar-refractivity contribution in [1.29, 1.82) is 0 Å². The molecular weight excluding hydrogens is 366 g/mol. The van der Waals surface area contributed by atoms with Crippen molar-refractivity contribution in [2.45, 2.75) is 13.0 Å². The number of nitrogens with zero attached hydrogens (tertiary/aromatic N) is 1. The Balaban J connectivity index is 2.16. The van der Waals surface area contributed by atoms with Gasteiger partial charge in [0, 0.05) is 11.3 Å². The highest BCUT2D eigenvalue weighted by atomic mass is 16.5. The number of benzene rings is 3. The summed E-state index contributed by atoms with van der Waals surface area (Å²) in [7, 11) is 0. The number of ether oxygens (including phenoxy) is 1. The Labute approximate surface area is 169 Å². The molecule has 0 radical (unpaired) electrons. The number of hydrogen-bond acceptors (Lipinski definition) is 4. The third kappa shape index (κ3) is 4.58. The van der Waals surface area contributed by atoms with Gasteiger partial charge in [0.1, 0.15) is 6.04 Å². The van der Waals surface area contributed by atoms with Gasteiger partial charge in [0.2, 0.25) is 0 Å². The smallest absolute Gasteiger partial charge is 0.397 e. The summed E-state index contributed by atoms with van der Waals surface area (Å²) in [5.74, 6) is -2.19. The Bertz CT molecular complexity index is 972. The first-order valence-electron chi connectivity index (χ1n) is 9.33. The Morgan fingerprint density at radius 3 is 1.86 bits per heavy atom. The maximum absolute atomic E-state index is 13.5. The molecule has 3 aromatic rings. The first-order valence-corrected chi connectivity index (χ1v) is 9.33. The number of carbonyl (C=O) groups is 3. The van der Waals surface area contributed by atoms with Crippen molar-refractivity contribution in [3.8, 4) is 0 Å². The molecule has 0 spiro atoms. The quantitative estimate of drug-likeness (QED) is 0.361. The second kappa shape index (κ2) is 9.46. The van der Waals surface area contributed by atoms with Crippen molar-refractivity contribution in [2.75, 3.05) is 11.5 Å². The largest absolute Gasteiger partial charge is 0.459 e. The van der Waals surface area contributed by atoms with Crippen LogP contribution >= 0.6 is 0 Å². The van der Waals surface area contributed by atoms with Crippen molar-refractivity contribution >= 4 is 23.3 Å². The number of Topliss-reactive ketones (excluding diaryl/α,β-unsaturated/α-hetero) is 1. The lowest BCUT2D eigenvalue weighted by atomic mass is 9.95. The van der Waals surface area contributed by atoms with E-state index in [4.69, 9.17) is 4.74 Å². The Morgan fingerprint density at radius 1 is 0.793 bits per heavy atom. The third-order valence-corrected chi connectivity index (χ3v) is 4.38. The SMILES string of the molecule is CCOC(=O)C(=O)N(c1ccccc1)C(C(=O)c1ccccc1)c1ccccc1. The van der Waals surface area contributed by atoms with Crippen molar-refractivity contribution in [3.63, 3.8) is 0 Å². The number of para-hydroxylation sites is 1. The number of rotatable bonds is 6. The van der Waals surface area contributed by atoms with E-state index in [1.54, 1.807) is 85.8 Å². The zero-order valence-corrected chi connectivity index (χ0v) is 16.0. The van der Waals surface area contributed by atoms with Gasteiger partial charge in [-0.25, -0.2) is 4.79 Å². The van der Waals surface area contributed by atoms with Gasteiger partial charge in [-0.2, -0.15) is 0 Å². The van der Waals surface area contributed by atoms with Crippen molar-refractivity contribution < 1.29 is 19.1 Å². The third-order valence-electron chi connectivity index (χ3n) is 4.38. The zero-order chi connectivity index (χ0) is 20.6. The Kier molecular flexibility index (Phi) is 6.53. The van der Waals surface area contributed by atoms with Crippen molar-refractivity contribution in [2.24, 2.45) is 0 Å². The van der Waals surface area contributed by atoms with Crippen LogP contribution < -0.4 is 4.90 Å². The number of anilines is 1. The van der Waals surface area contributed by atoms with E-state index < -0.39 is 17.9 Å². The molecule has 0 fully saturated rings. The summed E-state index contributed by atoms with van der Waals surface area (Å²) in [4.78, 5) is 40.1. The summed E-state index contributed by atoms with van der Waals surface area (Å²) in [6, 6.07) is 25.3. The molecule has 5 heteroatoms. The summed E-state index contributed by atoms with van der Waals surface area (Å²) in [6.07, 6.45) is 0. The van der Waals surface area contributed by atoms with Crippen molar-refractivity contribution in [1.82, 2.24) is 0 Å². The maximum atomic E-state index is 13.5. The normalized spacial score (nSPS) is 11.3. The van der Waals surface area contributed by atoms with Gasteiger partial charge in [0.25, 0.3) is 0 Å². The Hall–Kier alpha value is -3.73. The van der Waals surface area contributed by atoms with Crippen LogP contribution in [0, 0.1) is 0 Å². The molecule has 0 saturated carbocycles. The molecule has 3 rings (SSSR count). The fraction of sp³-hybridized carbons (Fsp3) is 0.125. The average molecular weight is 387 g/mol. The molecular formula is C24H21NO4. The van der Waals surface area contributed by atoms with E-state index in [1.807, 2.05) is 12.1 Å². The number of carbonyl (C=O) groups excluding carboxylic acids is 3. The number of ketones is 1. The molecule has 3 aromatic carbocycles. The summed E-state index contributed by atoms with van der Waals surface area (Å²) in [5.41, 5.74) is 1.48. The van der Waals surface area contributed by atoms with Gasteiger partial charge in [-0.3, -0.25) is 14.5 Å². The van der Waals surface area contributed by atoms with Gasteiger partial charge in [-0.15, -0.1) is 0 Å². The number of esters is 1. The molecule has 0 saturated heterocycles. The first-order chi connectivity index (χ1) is 14.1. The topological polar surface area (TPSA) is 63.7 Å². The van der Waals surface area contributed by atoms with Crippen LogP contribution in [0.2, 0.25) is 0 Å². The molecule has 0 bridgehead atoms. The molecule has 0 aliphatic carbocycles. The first kappa shape index (κ1) is 20.0. The fourth-order valence-corrected chi connectivity index (χ4v) is 3.08. The van der Waals surface area contributed by atoms with E-state index in [0.717, 1.165) is 0 Å². The van der Waals surface area contributed by atoms with Gasteiger partial charge < -0.3 is 4.74 Å². The maximum Gasteiger partial charge on any atom is 0.397 e. The van der Waals surface area contributed by atoms with Gasteiger partial charge in [-0.05, 0) is 24.6 Å². The lowest BCUT2D eigenvalue weighted by Gasteiger charge is -2.30. The standard InChI is InChI=1S/C24H21NO4/c1-2-29-24(28)23(27)25(20-16-10-5-11-17-20)21(18-12-6-3-7-13-18)22(26)19-14-8-4-9-15-19/h3-17,21H,2H2,1H3. The summed E-state index contributed by atoms with van der Waals surface area (Å²) in [6.45, 7) is 1.69. The molecule has 0 aliphatic heterocycles. The average Bonchev–Trinajstić information content (AvgIpc) is 2.78. The predicted molar refractivity (Wildman–Crippen MR) is 111 cm³/mol. The summed E-state index contributed by atoms with van der Waals surface area (Å²) >= 11 is 0. The highest BCUT2D eigenvalue weighted by Gasteiger charge is 2.36. The van der Waals surface area contributed by atoms with E-state index in [0.29, 0.717) is 16.8 Å². The molecule has 0 heterocycles. The Morgan fingerprint density at radius 2 is 1.31 bits per heavy atom. The minimum atomic E-state index is -1.02. The van der Waals surface area contributed by atoms with Gasteiger partial charge in [-0.1, -0.05) is 78.9 Å². The molecule has 1 unspecified atom stereocenters.